The maximum atomic E-state index is 6.37. The van der Waals surface area contributed by atoms with E-state index in [2.05, 4.69) is 38.7 Å². The molecule has 1 aromatic carbocycles. The number of benzene rings is 1. The van der Waals surface area contributed by atoms with Crippen LogP contribution in [0.3, 0.4) is 0 Å². The molecule has 2 aliphatic rings. The Hall–Kier alpha value is -0.870. The fraction of sp³-hybridized carbons (Fsp3) is 0.500. The van der Waals surface area contributed by atoms with Crippen molar-refractivity contribution in [2.75, 3.05) is 0 Å². The monoisotopic (exact) mass is 305 g/mol. The van der Waals surface area contributed by atoms with Gasteiger partial charge in [0.1, 0.15) is 5.82 Å². The molecule has 1 heterocycles. The van der Waals surface area contributed by atoms with Crippen LogP contribution in [-0.2, 0) is 0 Å². The van der Waals surface area contributed by atoms with Crippen LogP contribution in [0.4, 0.5) is 0 Å². The highest BCUT2D eigenvalue weighted by atomic mass is 79.9. The standard InChI is InChI=1S/C14H16BrN3/c15-9-3-6-12-11(7-9)17-14(13(16)8-1-2-8)18(12)10-4-5-10/h3,6-8,10,13H,1-2,4-5,16H2. The largest absolute Gasteiger partial charge is 0.324 e. The lowest BCUT2D eigenvalue weighted by Gasteiger charge is -2.13. The van der Waals surface area contributed by atoms with Crippen molar-refractivity contribution >= 4 is 27.0 Å². The van der Waals surface area contributed by atoms with Gasteiger partial charge in [-0.3, -0.25) is 0 Å². The van der Waals surface area contributed by atoms with Gasteiger partial charge in [0.15, 0.2) is 0 Å². The summed E-state index contributed by atoms with van der Waals surface area (Å²) in [6.07, 6.45) is 5.06. The van der Waals surface area contributed by atoms with Crippen molar-refractivity contribution < 1.29 is 0 Å². The quantitative estimate of drug-likeness (QED) is 0.942. The second-order valence-corrected chi connectivity index (χ2v) is 6.48. The van der Waals surface area contributed by atoms with E-state index in [4.69, 9.17) is 10.7 Å². The topological polar surface area (TPSA) is 43.8 Å². The average Bonchev–Trinajstić information content (AvgIpc) is 3.22. The summed E-state index contributed by atoms with van der Waals surface area (Å²) in [7, 11) is 0. The number of nitrogens with two attached hydrogens (primary N) is 1. The summed E-state index contributed by atoms with van der Waals surface area (Å²) < 4.78 is 3.48. The Morgan fingerprint density at radius 3 is 2.72 bits per heavy atom. The molecule has 2 fully saturated rings. The Bertz CT molecular complexity index is 611. The van der Waals surface area contributed by atoms with E-state index in [-0.39, 0.29) is 6.04 Å². The highest BCUT2D eigenvalue weighted by Crippen LogP contribution is 2.44. The number of hydrogen-bond acceptors (Lipinski definition) is 2. The molecule has 0 radical (unpaired) electrons. The van der Waals surface area contributed by atoms with E-state index in [0.717, 1.165) is 15.8 Å². The second-order valence-electron chi connectivity index (χ2n) is 5.57. The summed E-state index contributed by atoms with van der Waals surface area (Å²) in [6, 6.07) is 7.10. The van der Waals surface area contributed by atoms with Crippen molar-refractivity contribution in [1.29, 1.82) is 0 Å². The number of rotatable bonds is 3. The Kier molecular flexibility index (Phi) is 2.33. The third-order valence-electron chi connectivity index (χ3n) is 4.02. The number of imidazole rings is 1. The summed E-state index contributed by atoms with van der Waals surface area (Å²) in [4.78, 5) is 4.80. The molecule has 3 nitrogen and oxygen atoms in total. The fourth-order valence-corrected chi connectivity index (χ4v) is 3.06. The number of nitrogens with zero attached hydrogens (tertiary/aromatic N) is 2. The summed E-state index contributed by atoms with van der Waals surface area (Å²) in [5.74, 6) is 1.76. The fourth-order valence-electron chi connectivity index (χ4n) is 2.71. The van der Waals surface area contributed by atoms with E-state index in [1.165, 1.54) is 31.2 Å². The first-order valence-corrected chi connectivity index (χ1v) is 7.46. The number of aromatic nitrogens is 2. The zero-order chi connectivity index (χ0) is 12.3. The van der Waals surface area contributed by atoms with E-state index < -0.39 is 0 Å². The van der Waals surface area contributed by atoms with Crippen LogP contribution in [0.2, 0.25) is 0 Å². The molecule has 94 valence electrons. The van der Waals surface area contributed by atoms with Gasteiger partial charge < -0.3 is 10.3 Å². The first-order chi connectivity index (χ1) is 8.74. The minimum Gasteiger partial charge on any atom is -0.324 e. The van der Waals surface area contributed by atoms with Gasteiger partial charge in [0.05, 0.1) is 17.1 Å². The van der Waals surface area contributed by atoms with Gasteiger partial charge in [0, 0.05) is 10.5 Å². The molecule has 2 N–H and O–H groups in total. The lowest BCUT2D eigenvalue weighted by Crippen LogP contribution is -2.18. The molecule has 1 aromatic heterocycles. The number of hydrogen-bond donors (Lipinski definition) is 1. The minimum atomic E-state index is 0.122. The predicted molar refractivity (Wildman–Crippen MR) is 75.4 cm³/mol. The zero-order valence-electron chi connectivity index (χ0n) is 10.1. The van der Waals surface area contributed by atoms with E-state index >= 15 is 0 Å². The van der Waals surface area contributed by atoms with Crippen LogP contribution in [0.1, 0.15) is 43.6 Å². The second kappa shape index (κ2) is 3.81. The SMILES string of the molecule is NC(c1nc2cc(Br)ccc2n1C1CC1)C1CC1. The van der Waals surface area contributed by atoms with Crippen LogP contribution in [0, 0.1) is 5.92 Å². The molecule has 0 saturated heterocycles. The molecule has 0 amide bonds. The molecule has 1 unspecified atom stereocenters. The van der Waals surface area contributed by atoms with Gasteiger partial charge >= 0.3 is 0 Å². The smallest absolute Gasteiger partial charge is 0.127 e. The molecule has 0 spiro atoms. The first kappa shape index (κ1) is 11.0. The van der Waals surface area contributed by atoms with Crippen molar-refractivity contribution in [2.24, 2.45) is 11.7 Å². The molecule has 0 aliphatic heterocycles. The molecule has 2 aliphatic carbocycles. The van der Waals surface area contributed by atoms with Gasteiger partial charge in [-0.1, -0.05) is 15.9 Å². The molecule has 1 atom stereocenters. The Labute approximate surface area is 115 Å². The maximum Gasteiger partial charge on any atom is 0.127 e. The van der Waals surface area contributed by atoms with Crippen LogP contribution in [0.15, 0.2) is 22.7 Å². The highest BCUT2D eigenvalue weighted by molar-refractivity contribution is 9.10. The molecular formula is C14H16BrN3. The summed E-state index contributed by atoms with van der Waals surface area (Å²) >= 11 is 3.52. The van der Waals surface area contributed by atoms with Gasteiger partial charge in [-0.25, -0.2) is 4.98 Å². The van der Waals surface area contributed by atoms with E-state index in [0.29, 0.717) is 12.0 Å². The molecular weight excluding hydrogens is 290 g/mol. The van der Waals surface area contributed by atoms with Gasteiger partial charge in [0.25, 0.3) is 0 Å². The average molecular weight is 306 g/mol. The van der Waals surface area contributed by atoms with E-state index in [1.807, 2.05) is 0 Å². The molecule has 4 rings (SSSR count). The van der Waals surface area contributed by atoms with Crippen molar-refractivity contribution in [2.45, 2.75) is 37.8 Å². The summed E-state index contributed by atoms with van der Waals surface area (Å²) in [5, 5.41) is 0. The Morgan fingerprint density at radius 1 is 1.28 bits per heavy atom. The first-order valence-electron chi connectivity index (χ1n) is 6.67. The van der Waals surface area contributed by atoms with Crippen molar-refractivity contribution in [3.05, 3.63) is 28.5 Å². The van der Waals surface area contributed by atoms with Crippen LogP contribution in [0.5, 0.6) is 0 Å². The minimum absolute atomic E-state index is 0.122. The van der Waals surface area contributed by atoms with Crippen molar-refractivity contribution in [3.8, 4) is 0 Å². The molecule has 2 saturated carbocycles. The van der Waals surface area contributed by atoms with Gasteiger partial charge in [-0.2, -0.15) is 0 Å². The maximum absolute atomic E-state index is 6.37. The Morgan fingerprint density at radius 2 is 2.06 bits per heavy atom. The summed E-state index contributed by atoms with van der Waals surface area (Å²) in [6.45, 7) is 0. The van der Waals surface area contributed by atoms with Crippen molar-refractivity contribution in [3.63, 3.8) is 0 Å². The molecule has 4 heteroatoms. The zero-order valence-corrected chi connectivity index (χ0v) is 11.7. The predicted octanol–water partition coefficient (Wildman–Crippen LogP) is 3.54. The number of halogens is 1. The number of fused-ring (bicyclic) bond motifs is 1. The summed E-state index contributed by atoms with van der Waals surface area (Å²) in [5.41, 5.74) is 8.69. The lowest BCUT2D eigenvalue weighted by molar-refractivity contribution is 0.552. The molecule has 0 bridgehead atoms. The van der Waals surface area contributed by atoms with Gasteiger partial charge in [-0.05, 0) is 49.8 Å². The van der Waals surface area contributed by atoms with Gasteiger partial charge in [0.2, 0.25) is 0 Å². The molecule has 2 aromatic rings. The lowest BCUT2D eigenvalue weighted by atomic mass is 10.2. The molecule has 18 heavy (non-hydrogen) atoms. The third kappa shape index (κ3) is 1.70. The highest BCUT2D eigenvalue weighted by Gasteiger charge is 2.36. The van der Waals surface area contributed by atoms with E-state index in [9.17, 15) is 0 Å². The van der Waals surface area contributed by atoms with Crippen molar-refractivity contribution in [1.82, 2.24) is 9.55 Å². The van der Waals surface area contributed by atoms with Crippen LogP contribution >= 0.6 is 15.9 Å². The van der Waals surface area contributed by atoms with E-state index in [1.54, 1.807) is 0 Å². The normalized spacial score (nSPS) is 21.4. The van der Waals surface area contributed by atoms with Crippen LogP contribution in [0.25, 0.3) is 11.0 Å². The van der Waals surface area contributed by atoms with Crippen LogP contribution < -0.4 is 5.73 Å². The third-order valence-corrected chi connectivity index (χ3v) is 4.51. The van der Waals surface area contributed by atoms with Gasteiger partial charge in [-0.15, -0.1) is 0 Å². The Balaban J connectivity index is 1.91. The van der Waals surface area contributed by atoms with Crippen LogP contribution in [-0.4, -0.2) is 9.55 Å².